The van der Waals surface area contributed by atoms with E-state index in [0.29, 0.717) is 24.4 Å². The first-order valence-electron chi connectivity index (χ1n) is 13.2. The molecule has 0 saturated heterocycles. The minimum atomic E-state index is 0. The van der Waals surface area contributed by atoms with Gasteiger partial charge in [0.05, 0.1) is 20.5 Å². The molecule has 1 saturated carbocycles. The van der Waals surface area contributed by atoms with Crippen molar-refractivity contribution in [3.8, 4) is 22.6 Å². The molecule has 10 heteroatoms. The van der Waals surface area contributed by atoms with Gasteiger partial charge in [0.2, 0.25) is 5.95 Å². The number of benzene rings is 2. The third-order valence-corrected chi connectivity index (χ3v) is 7.17. The van der Waals surface area contributed by atoms with Gasteiger partial charge in [-0.15, -0.1) is 6.04 Å². The van der Waals surface area contributed by atoms with E-state index in [0.717, 1.165) is 65.0 Å². The molecular weight excluding hydrogens is 705 g/mol. The van der Waals surface area contributed by atoms with E-state index >= 15 is 0 Å². The van der Waals surface area contributed by atoms with Gasteiger partial charge in [0.15, 0.2) is 17.0 Å². The number of aromatic nitrogens is 4. The van der Waals surface area contributed by atoms with E-state index in [4.69, 9.17) is 25.2 Å². The van der Waals surface area contributed by atoms with Gasteiger partial charge in [0.25, 0.3) is 0 Å². The molecule has 5 rings (SSSR count). The maximum Gasteiger partial charge on any atom is 0.227 e. The summed E-state index contributed by atoms with van der Waals surface area (Å²) in [6.45, 7) is 4.84. The van der Waals surface area contributed by atoms with E-state index < -0.39 is 0 Å². The second-order valence-corrected chi connectivity index (χ2v) is 10.1. The van der Waals surface area contributed by atoms with Crippen LogP contribution in [0.25, 0.3) is 28.0 Å². The Bertz CT molecular complexity index is 1380. The molecule has 1 aliphatic carbocycles. The number of ether oxygens (including phenoxy) is 2. The molecule has 39 heavy (non-hydrogen) atoms. The van der Waals surface area contributed by atoms with Crippen molar-refractivity contribution in [3.63, 3.8) is 0 Å². The van der Waals surface area contributed by atoms with Gasteiger partial charge in [-0.3, -0.25) is 0 Å². The Morgan fingerprint density at radius 3 is 2.41 bits per heavy atom. The Morgan fingerprint density at radius 1 is 1.00 bits per heavy atom. The summed E-state index contributed by atoms with van der Waals surface area (Å²) in [6, 6.07) is 14.8. The van der Waals surface area contributed by atoms with E-state index in [1.807, 2.05) is 24.5 Å². The van der Waals surface area contributed by atoms with Gasteiger partial charge >= 0.3 is 0 Å². The molecule has 0 bridgehead atoms. The quantitative estimate of drug-likeness (QED) is 0.202. The fourth-order valence-electron chi connectivity index (χ4n) is 4.93. The summed E-state index contributed by atoms with van der Waals surface area (Å²) in [5.41, 5.74) is 12.7. The van der Waals surface area contributed by atoms with Crippen molar-refractivity contribution in [2.24, 2.45) is 0 Å². The number of anilines is 2. The largest absolute Gasteiger partial charge is 0.675 e. The fourth-order valence-corrected chi connectivity index (χ4v) is 4.93. The van der Waals surface area contributed by atoms with Crippen molar-refractivity contribution in [2.75, 3.05) is 24.9 Å². The van der Waals surface area contributed by atoms with Crippen LogP contribution in [-0.4, -0.2) is 45.8 Å². The van der Waals surface area contributed by atoms with Crippen molar-refractivity contribution < 1.29 is 53.5 Å². The molecule has 4 aromatic rings. The molecule has 203 valence electrons. The first kappa shape index (κ1) is 29.6. The first-order chi connectivity index (χ1) is 18.4. The molecule has 0 atom stereocenters. The van der Waals surface area contributed by atoms with Gasteiger partial charge in [-0.2, -0.15) is 9.97 Å². The summed E-state index contributed by atoms with van der Waals surface area (Å²) in [7, 11) is 3.34. The first-order valence-corrected chi connectivity index (χ1v) is 13.2. The number of hydrogen-bond donors (Lipinski definition) is 2. The predicted octanol–water partition coefficient (Wildman–Crippen LogP) is 6.48. The van der Waals surface area contributed by atoms with E-state index in [9.17, 15) is 0 Å². The second kappa shape index (κ2) is 13.3. The Balaban J connectivity index is 0.00000353. The Labute approximate surface area is 265 Å². The molecule has 2 heterocycles. The SMILES string of the molecule is COc1ccc(OC)c(-c2ccc(CNc3nc(NC4CCC([NH-])CC4)nc4c3ncn4C(C)C)cc2)c1.[Ac]. The van der Waals surface area contributed by atoms with E-state index in [-0.39, 0.29) is 56.1 Å². The summed E-state index contributed by atoms with van der Waals surface area (Å²) in [5, 5.41) is 7.02. The summed E-state index contributed by atoms with van der Waals surface area (Å²) in [6.07, 6.45) is 5.58. The molecule has 3 N–H and O–H groups in total. The van der Waals surface area contributed by atoms with Crippen molar-refractivity contribution in [3.05, 3.63) is 60.1 Å². The molecule has 2 aromatic heterocycles. The molecule has 2 aromatic carbocycles. The molecular formula is C29H36AcN7O2-. The Hall–Kier alpha value is -2.41. The van der Waals surface area contributed by atoms with Gasteiger partial charge in [0.1, 0.15) is 11.5 Å². The number of nitrogens with one attached hydrogen (secondary N) is 3. The van der Waals surface area contributed by atoms with Crippen LogP contribution in [0.3, 0.4) is 0 Å². The van der Waals surface area contributed by atoms with E-state index in [1.54, 1.807) is 14.2 Å². The van der Waals surface area contributed by atoms with Crippen LogP contribution in [-0.2, 0) is 6.54 Å². The average Bonchev–Trinajstić information content (AvgIpc) is 3.37. The standard InChI is InChI=1S/C29H36N7O2.Ac/c1-18(2)36-17-32-26-27(34-29(35-28(26)36)33-22-11-9-21(30)10-12-22)31-16-19-5-7-20(8-6-19)24-15-23(37-3)13-14-25(24)38-4;/h5-8,13-15,17-18,21-22,30H,9-12,16H2,1-4H3,(H2,31,33,34,35);/q-1;. The van der Waals surface area contributed by atoms with Gasteiger partial charge < -0.3 is 30.4 Å². The summed E-state index contributed by atoms with van der Waals surface area (Å²) < 4.78 is 13.0. The Morgan fingerprint density at radius 2 is 1.74 bits per heavy atom. The fraction of sp³-hybridized carbons (Fsp3) is 0.414. The topological polar surface area (TPSA) is 110 Å². The number of nitrogens with zero attached hydrogens (tertiary/aromatic N) is 4. The number of hydrogen-bond acceptors (Lipinski definition) is 7. The summed E-state index contributed by atoms with van der Waals surface area (Å²) >= 11 is 0. The van der Waals surface area contributed by atoms with E-state index in [1.165, 1.54) is 0 Å². The molecule has 1 fully saturated rings. The van der Waals surface area contributed by atoms with Crippen molar-refractivity contribution in [2.45, 2.75) is 64.2 Å². The second-order valence-electron chi connectivity index (χ2n) is 10.1. The normalized spacial score (nSPS) is 17.1. The maximum absolute atomic E-state index is 7.98. The van der Waals surface area contributed by atoms with E-state index in [2.05, 4.69) is 58.3 Å². The van der Waals surface area contributed by atoms with Gasteiger partial charge in [-0.1, -0.05) is 37.1 Å². The van der Waals surface area contributed by atoms with Crippen LogP contribution >= 0.6 is 0 Å². The van der Waals surface area contributed by atoms with Crippen LogP contribution in [0.4, 0.5) is 11.8 Å². The number of fused-ring (bicyclic) bond motifs is 1. The molecule has 0 aliphatic heterocycles. The van der Waals surface area contributed by atoms with Crippen LogP contribution in [0.2, 0.25) is 0 Å². The number of rotatable bonds is 9. The molecule has 0 spiro atoms. The molecule has 1 radical (unpaired) electrons. The summed E-state index contributed by atoms with van der Waals surface area (Å²) in [4.78, 5) is 14.3. The third-order valence-electron chi connectivity index (χ3n) is 7.17. The number of methoxy groups -OCH3 is 2. The zero-order chi connectivity index (χ0) is 26.6. The maximum atomic E-state index is 7.98. The van der Waals surface area contributed by atoms with Crippen molar-refractivity contribution in [1.82, 2.24) is 19.5 Å². The van der Waals surface area contributed by atoms with Crippen molar-refractivity contribution in [1.29, 1.82) is 0 Å². The molecule has 0 amide bonds. The van der Waals surface area contributed by atoms with Crippen molar-refractivity contribution >= 4 is 22.9 Å². The van der Waals surface area contributed by atoms with Gasteiger partial charge in [-0.25, -0.2) is 4.98 Å². The third kappa shape index (κ3) is 6.85. The predicted molar refractivity (Wildman–Crippen MR) is 152 cm³/mol. The Kier molecular flexibility index (Phi) is 10.1. The minimum absolute atomic E-state index is 0. The zero-order valence-corrected chi connectivity index (χ0v) is 27.8. The summed E-state index contributed by atoms with van der Waals surface area (Å²) in [5.74, 6) is 2.91. The van der Waals surface area contributed by atoms with Crippen LogP contribution in [0, 0.1) is 44.1 Å². The van der Waals surface area contributed by atoms with Crippen LogP contribution in [0.1, 0.15) is 51.1 Å². The van der Waals surface area contributed by atoms with Gasteiger partial charge in [0, 0.05) is 68.3 Å². The van der Waals surface area contributed by atoms with Crippen LogP contribution < -0.4 is 20.1 Å². The average molecular weight is 742 g/mol. The smallest absolute Gasteiger partial charge is 0.227 e. The van der Waals surface area contributed by atoms with Crippen LogP contribution in [0.15, 0.2) is 48.8 Å². The zero-order valence-electron chi connectivity index (χ0n) is 23.1. The molecule has 9 nitrogen and oxygen atoms in total. The number of imidazole rings is 1. The minimum Gasteiger partial charge on any atom is -0.675 e. The molecule has 0 unspecified atom stereocenters. The monoisotopic (exact) mass is 741 g/mol. The molecule has 1 aliphatic rings. The van der Waals surface area contributed by atoms with Gasteiger partial charge in [-0.05, 0) is 56.0 Å². The van der Waals surface area contributed by atoms with Crippen LogP contribution in [0.5, 0.6) is 11.5 Å².